The van der Waals surface area contributed by atoms with E-state index in [0.29, 0.717) is 12.5 Å². The van der Waals surface area contributed by atoms with Gasteiger partial charge in [-0.15, -0.1) is 0 Å². The number of ether oxygens (including phenoxy) is 2. The van der Waals surface area contributed by atoms with Gasteiger partial charge in [-0.3, -0.25) is 0 Å². The normalized spacial score (nSPS) is 15.5. The number of nitrogens with zero attached hydrogens (tertiary/aromatic N) is 2. The molecule has 0 radical (unpaired) electrons. The first-order chi connectivity index (χ1) is 17.6. The number of hydrogen-bond donors (Lipinski definition) is 2. The minimum absolute atomic E-state index is 0.157. The lowest BCUT2D eigenvalue weighted by Crippen LogP contribution is -2.44. The first-order valence-electron chi connectivity index (χ1n) is 13.1. The van der Waals surface area contributed by atoms with Crippen LogP contribution in [0.4, 0.5) is 10.6 Å². The molecule has 8 heteroatoms. The highest BCUT2D eigenvalue weighted by Gasteiger charge is 2.30. The standard InChI is InChI=1S/C28H38N4O4/c1-35-27(33)25(31-28(34)36-20-21-8-3-2-4-9-21)16-19-32(24-14-15-24)18-6-5-11-23-13-12-22-10-7-17-29-26(22)30-23/h2-4,8-9,12-13,24-25H,5-7,10-11,14-20H2,1H3,(H,29,30)(H,31,34)/t25-/m0/s1. The summed E-state index contributed by atoms with van der Waals surface area (Å²) in [6.07, 6.45) is 7.64. The van der Waals surface area contributed by atoms with Crippen molar-refractivity contribution in [2.24, 2.45) is 0 Å². The Kier molecular flexibility index (Phi) is 9.55. The van der Waals surface area contributed by atoms with Crippen LogP contribution in [0.15, 0.2) is 42.5 Å². The molecule has 1 aliphatic carbocycles. The molecule has 1 amide bonds. The zero-order valence-corrected chi connectivity index (χ0v) is 21.2. The van der Waals surface area contributed by atoms with E-state index >= 15 is 0 Å². The summed E-state index contributed by atoms with van der Waals surface area (Å²) in [5.74, 6) is 0.608. The lowest BCUT2D eigenvalue weighted by Gasteiger charge is -2.24. The molecule has 1 aromatic carbocycles. The third-order valence-corrected chi connectivity index (χ3v) is 6.84. The van der Waals surface area contributed by atoms with Gasteiger partial charge in [-0.1, -0.05) is 36.4 Å². The van der Waals surface area contributed by atoms with Gasteiger partial charge < -0.3 is 25.0 Å². The van der Waals surface area contributed by atoms with E-state index in [1.165, 1.54) is 31.9 Å². The number of carbonyl (C=O) groups excluding carboxylic acids is 2. The Labute approximate surface area is 213 Å². The van der Waals surface area contributed by atoms with Crippen LogP contribution in [0.5, 0.6) is 0 Å². The lowest BCUT2D eigenvalue weighted by molar-refractivity contribution is -0.143. The van der Waals surface area contributed by atoms with E-state index in [1.54, 1.807) is 0 Å². The summed E-state index contributed by atoms with van der Waals surface area (Å²) in [5.41, 5.74) is 3.36. The van der Waals surface area contributed by atoms with Crippen molar-refractivity contribution in [3.63, 3.8) is 0 Å². The summed E-state index contributed by atoms with van der Waals surface area (Å²) >= 11 is 0. The van der Waals surface area contributed by atoms with E-state index in [4.69, 9.17) is 14.5 Å². The molecule has 2 N–H and O–H groups in total. The number of unbranched alkanes of at least 4 members (excludes halogenated alkanes) is 1. The number of aryl methyl sites for hydroxylation is 2. The Morgan fingerprint density at radius 1 is 1.14 bits per heavy atom. The Morgan fingerprint density at radius 2 is 1.97 bits per heavy atom. The van der Waals surface area contributed by atoms with Crippen molar-refractivity contribution in [3.05, 3.63) is 59.3 Å². The second-order valence-corrected chi connectivity index (χ2v) is 9.64. The average Bonchev–Trinajstić information content (AvgIpc) is 3.76. The third-order valence-electron chi connectivity index (χ3n) is 6.84. The van der Waals surface area contributed by atoms with Crippen molar-refractivity contribution in [3.8, 4) is 0 Å². The summed E-state index contributed by atoms with van der Waals surface area (Å²) in [6.45, 7) is 2.86. The number of esters is 1. The quantitative estimate of drug-likeness (QED) is 0.320. The lowest BCUT2D eigenvalue weighted by atomic mass is 10.1. The van der Waals surface area contributed by atoms with Crippen molar-refractivity contribution in [2.75, 3.05) is 32.1 Å². The predicted octanol–water partition coefficient (Wildman–Crippen LogP) is 4.08. The van der Waals surface area contributed by atoms with Gasteiger partial charge in [0.25, 0.3) is 0 Å². The monoisotopic (exact) mass is 494 g/mol. The second kappa shape index (κ2) is 13.3. The van der Waals surface area contributed by atoms with E-state index in [-0.39, 0.29) is 6.61 Å². The van der Waals surface area contributed by atoms with Gasteiger partial charge >= 0.3 is 12.1 Å². The maximum Gasteiger partial charge on any atom is 0.408 e. The summed E-state index contributed by atoms with van der Waals surface area (Å²) in [4.78, 5) is 31.9. The fraction of sp³-hybridized carbons (Fsp3) is 0.536. The molecule has 8 nitrogen and oxygen atoms in total. The van der Waals surface area contributed by atoms with Gasteiger partial charge in [-0.25, -0.2) is 14.6 Å². The predicted molar refractivity (Wildman–Crippen MR) is 139 cm³/mol. The number of rotatable bonds is 13. The molecule has 2 heterocycles. The van der Waals surface area contributed by atoms with Crippen LogP contribution in [0, 0.1) is 0 Å². The topological polar surface area (TPSA) is 92.8 Å². The van der Waals surface area contributed by atoms with Crippen LogP contribution in [0.1, 0.15) is 55.3 Å². The summed E-state index contributed by atoms with van der Waals surface area (Å²) < 4.78 is 10.2. The van der Waals surface area contributed by atoms with Gasteiger partial charge in [0.2, 0.25) is 0 Å². The fourth-order valence-electron chi connectivity index (χ4n) is 4.64. The van der Waals surface area contributed by atoms with Crippen LogP contribution in [-0.4, -0.2) is 60.8 Å². The number of methoxy groups -OCH3 is 1. The highest BCUT2D eigenvalue weighted by atomic mass is 16.6. The van der Waals surface area contributed by atoms with Gasteiger partial charge in [0.15, 0.2) is 0 Å². The molecule has 0 saturated heterocycles. The van der Waals surface area contributed by atoms with Crippen LogP contribution in [0.25, 0.3) is 0 Å². The Hall–Kier alpha value is -3.13. The van der Waals surface area contributed by atoms with Gasteiger partial charge in [-0.05, 0) is 75.1 Å². The van der Waals surface area contributed by atoms with Gasteiger partial charge in [-0.2, -0.15) is 0 Å². The van der Waals surface area contributed by atoms with Crippen LogP contribution in [-0.2, 0) is 33.7 Å². The highest BCUT2D eigenvalue weighted by molar-refractivity contribution is 5.81. The smallest absolute Gasteiger partial charge is 0.408 e. The minimum Gasteiger partial charge on any atom is -0.467 e. The molecule has 194 valence electrons. The molecular weight excluding hydrogens is 456 g/mol. The van der Waals surface area contributed by atoms with Crippen molar-refractivity contribution < 1.29 is 19.1 Å². The van der Waals surface area contributed by atoms with Gasteiger partial charge in [0, 0.05) is 24.8 Å². The van der Waals surface area contributed by atoms with E-state index < -0.39 is 18.1 Å². The molecule has 1 aliphatic heterocycles. The SMILES string of the molecule is COC(=O)[C@H](CCN(CCCCc1ccc2c(n1)NCCC2)C1CC1)NC(=O)OCc1ccccc1. The fourth-order valence-corrected chi connectivity index (χ4v) is 4.64. The van der Waals surface area contributed by atoms with Crippen LogP contribution in [0.2, 0.25) is 0 Å². The number of nitrogens with one attached hydrogen (secondary N) is 2. The van der Waals surface area contributed by atoms with E-state index in [0.717, 1.165) is 62.4 Å². The zero-order valence-electron chi connectivity index (χ0n) is 21.2. The molecule has 2 aliphatic rings. The average molecular weight is 495 g/mol. The molecule has 1 aromatic heterocycles. The number of benzene rings is 1. The zero-order chi connectivity index (χ0) is 25.2. The molecule has 4 rings (SSSR count). The first-order valence-corrected chi connectivity index (χ1v) is 13.1. The molecular formula is C28H38N4O4. The van der Waals surface area contributed by atoms with Crippen LogP contribution >= 0.6 is 0 Å². The van der Waals surface area contributed by atoms with Crippen molar-refractivity contribution >= 4 is 17.9 Å². The van der Waals surface area contributed by atoms with Crippen molar-refractivity contribution in [1.82, 2.24) is 15.2 Å². The summed E-state index contributed by atoms with van der Waals surface area (Å²) in [5, 5.41) is 6.10. The van der Waals surface area contributed by atoms with Gasteiger partial charge in [0.1, 0.15) is 18.5 Å². The molecule has 0 unspecified atom stereocenters. The van der Waals surface area contributed by atoms with E-state index in [9.17, 15) is 9.59 Å². The molecule has 0 spiro atoms. The molecule has 0 bridgehead atoms. The van der Waals surface area contributed by atoms with E-state index in [1.807, 2.05) is 30.3 Å². The number of anilines is 1. The van der Waals surface area contributed by atoms with E-state index in [2.05, 4.69) is 27.7 Å². The Bertz CT molecular complexity index is 996. The summed E-state index contributed by atoms with van der Waals surface area (Å²) in [6, 6.07) is 13.7. The maximum atomic E-state index is 12.3. The number of alkyl carbamates (subject to hydrolysis) is 1. The number of aromatic nitrogens is 1. The van der Waals surface area contributed by atoms with Crippen LogP contribution < -0.4 is 10.6 Å². The number of carbonyl (C=O) groups is 2. The molecule has 36 heavy (non-hydrogen) atoms. The highest BCUT2D eigenvalue weighted by Crippen LogP contribution is 2.27. The number of pyridine rings is 1. The van der Waals surface area contributed by atoms with Crippen molar-refractivity contribution in [1.29, 1.82) is 0 Å². The molecule has 2 aromatic rings. The Morgan fingerprint density at radius 3 is 2.75 bits per heavy atom. The van der Waals surface area contributed by atoms with Gasteiger partial charge in [0.05, 0.1) is 7.11 Å². The largest absolute Gasteiger partial charge is 0.467 e. The van der Waals surface area contributed by atoms with Crippen molar-refractivity contribution in [2.45, 2.75) is 70.1 Å². The first kappa shape index (κ1) is 25.9. The van der Waals surface area contributed by atoms with Crippen LogP contribution in [0.3, 0.4) is 0 Å². The number of hydrogen-bond acceptors (Lipinski definition) is 7. The molecule has 1 atom stereocenters. The Balaban J connectivity index is 1.20. The number of fused-ring (bicyclic) bond motifs is 1. The number of amides is 1. The third kappa shape index (κ3) is 7.95. The maximum absolute atomic E-state index is 12.3. The summed E-state index contributed by atoms with van der Waals surface area (Å²) in [7, 11) is 1.34. The molecule has 1 fully saturated rings. The second-order valence-electron chi connectivity index (χ2n) is 9.64. The molecule has 1 saturated carbocycles. The minimum atomic E-state index is -0.730.